The highest BCUT2D eigenvalue weighted by Crippen LogP contribution is 2.42. The molecule has 6 nitrogen and oxygen atoms in total. The van der Waals surface area contributed by atoms with Crippen molar-refractivity contribution in [1.82, 2.24) is 5.32 Å². The summed E-state index contributed by atoms with van der Waals surface area (Å²) < 4.78 is 26.0. The van der Waals surface area contributed by atoms with Gasteiger partial charge in [0.25, 0.3) is 0 Å². The number of nitrogens with one attached hydrogen (secondary N) is 1. The summed E-state index contributed by atoms with van der Waals surface area (Å²) in [4.78, 5) is 38.4. The zero-order valence-corrected chi connectivity index (χ0v) is 17.9. The van der Waals surface area contributed by atoms with E-state index in [9.17, 15) is 18.8 Å². The van der Waals surface area contributed by atoms with Crippen molar-refractivity contribution in [2.45, 2.75) is 59.0 Å². The second-order valence-electron chi connectivity index (χ2n) is 8.21. The molecule has 31 heavy (non-hydrogen) atoms. The first-order valence-corrected chi connectivity index (χ1v) is 10.3. The molecule has 1 aromatic carbocycles. The third-order valence-corrected chi connectivity index (χ3v) is 5.98. The second-order valence-corrected chi connectivity index (χ2v) is 8.21. The first-order valence-electron chi connectivity index (χ1n) is 10.3. The van der Waals surface area contributed by atoms with E-state index in [4.69, 9.17) is 9.15 Å². The third-order valence-electron chi connectivity index (χ3n) is 5.98. The van der Waals surface area contributed by atoms with E-state index in [1.54, 1.807) is 20.8 Å². The minimum Gasteiger partial charge on any atom is -0.461 e. The zero-order chi connectivity index (χ0) is 22.4. The Kier molecular flexibility index (Phi) is 5.29. The molecule has 1 fully saturated rings. The van der Waals surface area contributed by atoms with Crippen LogP contribution in [0.1, 0.15) is 57.3 Å². The summed E-state index contributed by atoms with van der Waals surface area (Å²) in [6, 6.07) is 3.86. The van der Waals surface area contributed by atoms with Crippen LogP contribution in [0.2, 0.25) is 0 Å². The van der Waals surface area contributed by atoms with E-state index >= 15 is 0 Å². The molecule has 0 bridgehead atoms. The number of ether oxygens (including phenoxy) is 1. The van der Waals surface area contributed by atoms with Crippen molar-refractivity contribution < 1.29 is 23.1 Å². The summed E-state index contributed by atoms with van der Waals surface area (Å²) in [5.74, 6) is -2.03. The molecule has 7 heteroatoms. The highest BCUT2D eigenvalue weighted by atomic mass is 19.1. The molecule has 1 N–H and O–H groups in total. The number of hydrogen-bond donors (Lipinski definition) is 1. The van der Waals surface area contributed by atoms with Crippen LogP contribution < -0.4 is 10.7 Å². The minimum atomic E-state index is -0.848. The molecule has 2 aliphatic rings. The lowest BCUT2D eigenvalue weighted by atomic mass is 9.78. The molecule has 1 unspecified atom stereocenters. The summed E-state index contributed by atoms with van der Waals surface area (Å²) in [5, 5.41) is 2.90. The molecule has 1 saturated carbocycles. The number of fused-ring (bicyclic) bond motifs is 1. The van der Waals surface area contributed by atoms with Gasteiger partial charge in [-0.05, 0) is 53.0 Å². The number of rotatable bonds is 4. The lowest BCUT2D eigenvalue weighted by molar-refractivity contribution is -0.148. The topological polar surface area (TPSA) is 85.6 Å². The van der Waals surface area contributed by atoms with E-state index in [0.29, 0.717) is 28.3 Å². The molecule has 2 heterocycles. The van der Waals surface area contributed by atoms with E-state index in [1.165, 1.54) is 25.1 Å². The highest BCUT2D eigenvalue weighted by molar-refractivity contribution is 6.03. The van der Waals surface area contributed by atoms with E-state index in [1.807, 2.05) is 0 Å². The fourth-order valence-corrected chi connectivity index (χ4v) is 4.33. The summed E-state index contributed by atoms with van der Waals surface area (Å²) >= 11 is 0. The van der Waals surface area contributed by atoms with E-state index in [0.717, 1.165) is 19.3 Å². The number of esters is 1. The Morgan fingerprint density at radius 1 is 1.13 bits per heavy atom. The predicted molar refractivity (Wildman–Crippen MR) is 113 cm³/mol. The van der Waals surface area contributed by atoms with Crippen molar-refractivity contribution in [2.75, 3.05) is 0 Å². The molecule has 4 rings (SSSR count). The highest BCUT2D eigenvalue weighted by Gasteiger charge is 2.39. The van der Waals surface area contributed by atoms with Crippen molar-refractivity contribution in [3.63, 3.8) is 0 Å². The van der Waals surface area contributed by atoms with Crippen molar-refractivity contribution in [3.8, 4) is 0 Å². The summed E-state index contributed by atoms with van der Waals surface area (Å²) in [6.45, 7) is 6.49. The molecule has 162 valence electrons. The monoisotopic (exact) mass is 425 g/mol. The fraction of sp³-hybridized carbons (Fsp3) is 0.375. The summed E-state index contributed by atoms with van der Waals surface area (Å²) in [7, 11) is 0. The number of allylic oxidation sites excluding steroid dienone is 3. The number of halogens is 1. The number of benzene rings is 1. The number of aryl methyl sites for hydroxylation is 1. The van der Waals surface area contributed by atoms with Gasteiger partial charge in [0, 0.05) is 28.6 Å². The molecule has 1 aliphatic carbocycles. The normalized spacial score (nSPS) is 19.3. The van der Waals surface area contributed by atoms with Crippen molar-refractivity contribution >= 4 is 22.7 Å². The lowest BCUT2D eigenvalue weighted by Crippen LogP contribution is -2.34. The van der Waals surface area contributed by atoms with Crippen molar-refractivity contribution in [3.05, 3.63) is 68.1 Å². The molecule has 1 aromatic heterocycles. The molecule has 2 aromatic rings. The van der Waals surface area contributed by atoms with Crippen LogP contribution >= 0.6 is 0 Å². The van der Waals surface area contributed by atoms with Crippen LogP contribution in [-0.4, -0.2) is 17.9 Å². The van der Waals surface area contributed by atoms with Crippen LogP contribution in [0.5, 0.6) is 0 Å². The van der Waals surface area contributed by atoms with Gasteiger partial charge >= 0.3 is 5.97 Å². The van der Waals surface area contributed by atoms with Gasteiger partial charge in [0.1, 0.15) is 28.7 Å². The molecule has 0 radical (unpaired) electrons. The molecular formula is C24H24FNO5. The number of carbonyl (C=O) groups is 2. The van der Waals surface area contributed by atoms with Crippen LogP contribution in [0.25, 0.3) is 11.0 Å². The summed E-state index contributed by atoms with van der Waals surface area (Å²) in [5.41, 5.74) is 1.64. The average Bonchev–Trinajstić information content (AvgIpc) is 2.63. The van der Waals surface area contributed by atoms with E-state index in [-0.39, 0.29) is 28.4 Å². The number of carbonyl (C=O) groups excluding carboxylic acids is 2. The van der Waals surface area contributed by atoms with Gasteiger partial charge in [-0.25, -0.2) is 9.18 Å². The quantitative estimate of drug-likeness (QED) is 0.741. The Morgan fingerprint density at radius 3 is 2.42 bits per heavy atom. The van der Waals surface area contributed by atoms with E-state index < -0.39 is 23.1 Å². The standard InChI is InChI=1S/C24H24FNO5/c1-11-10-18(28)22-17(25)9-8-16(23(22)30-11)21-19(14(4)27)12(2)26-13(3)20(21)24(29)31-15-6-5-7-15/h8-10,15,21,26H,5-7H2,1-4H3. The first kappa shape index (κ1) is 21.0. The van der Waals surface area contributed by atoms with Gasteiger partial charge in [-0.1, -0.05) is 6.07 Å². The van der Waals surface area contributed by atoms with Gasteiger partial charge in [0.05, 0.1) is 11.5 Å². The molecular weight excluding hydrogens is 401 g/mol. The third kappa shape index (κ3) is 3.58. The van der Waals surface area contributed by atoms with Crippen LogP contribution in [-0.2, 0) is 14.3 Å². The maximum absolute atomic E-state index is 14.6. The Balaban J connectivity index is 1.98. The SMILES string of the molecule is CC(=O)C1=C(C)NC(C)=C(C(=O)OC2CCC2)C1c1ccc(F)c2c(=O)cc(C)oc12. The molecule has 0 spiro atoms. The molecule has 0 amide bonds. The smallest absolute Gasteiger partial charge is 0.337 e. The molecule has 1 aliphatic heterocycles. The zero-order valence-electron chi connectivity index (χ0n) is 17.9. The van der Waals surface area contributed by atoms with Gasteiger partial charge < -0.3 is 14.5 Å². The number of Topliss-reactive ketones (excluding diaryl/α,β-unsaturated/α-hetero) is 1. The lowest BCUT2D eigenvalue weighted by Gasteiger charge is -2.33. The van der Waals surface area contributed by atoms with Gasteiger partial charge in [-0.2, -0.15) is 0 Å². The van der Waals surface area contributed by atoms with Crippen molar-refractivity contribution in [2.24, 2.45) is 0 Å². The molecule has 1 atom stereocenters. The van der Waals surface area contributed by atoms with E-state index in [2.05, 4.69) is 5.32 Å². The van der Waals surface area contributed by atoms with Crippen LogP contribution in [0.15, 0.2) is 50.0 Å². The number of dihydropyridines is 1. The van der Waals surface area contributed by atoms with Crippen molar-refractivity contribution in [1.29, 1.82) is 0 Å². The number of ketones is 1. The fourth-order valence-electron chi connectivity index (χ4n) is 4.33. The van der Waals surface area contributed by atoms with Gasteiger partial charge in [-0.3, -0.25) is 9.59 Å². The molecule has 0 saturated heterocycles. The second kappa shape index (κ2) is 7.80. The minimum absolute atomic E-state index is 0.0326. The van der Waals surface area contributed by atoms with Crippen LogP contribution in [0.3, 0.4) is 0 Å². The maximum Gasteiger partial charge on any atom is 0.337 e. The number of hydrogen-bond acceptors (Lipinski definition) is 6. The summed E-state index contributed by atoms with van der Waals surface area (Å²) in [6.07, 6.45) is 2.46. The van der Waals surface area contributed by atoms with Gasteiger partial charge in [0.15, 0.2) is 11.2 Å². The largest absolute Gasteiger partial charge is 0.461 e. The first-order chi connectivity index (χ1) is 14.7. The Bertz CT molecular complexity index is 1230. The van der Waals surface area contributed by atoms with Crippen LogP contribution in [0, 0.1) is 12.7 Å². The predicted octanol–water partition coefficient (Wildman–Crippen LogP) is 4.16. The van der Waals surface area contributed by atoms with Gasteiger partial charge in [0.2, 0.25) is 0 Å². The Labute approximate surface area is 178 Å². The average molecular weight is 425 g/mol. The maximum atomic E-state index is 14.6. The Morgan fingerprint density at radius 2 is 1.81 bits per heavy atom. The Hall–Kier alpha value is -3.22. The van der Waals surface area contributed by atoms with Gasteiger partial charge in [-0.15, -0.1) is 0 Å². The van der Waals surface area contributed by atoms with Crippen LogP contribution in [0.4, 0.5) is 4.39 Å².